The van der Waals surface area contributed by atoms with Crippen molar-refractivity contribution in [1.29, 1.82) is 0 Å². The molecule has 0 heterocycles. The van der Waals surface area contributed by atoms with Crippen LogP contribution in [0.25, 0.3) is 0 Å². The van der Waals surface area contributed by atoms with Gasteiger partial charge >= 0.3 is 0 Å². The van der Waals surface area contributed by atoms with Crippen LogP contribution in [0.4, 0.5) is 13.2 Å². The number of hydrogen-bond acceptors (Lipinski definition) is 1. The molecule has 1 rings (SSSR count). The van der Waals surface area contributed by atoms with E-state index in [1.165, 1.54) is 0 Å². The van der Waals surface area contributed by atoms with Crippen LogP contribution >= 0.6 is 0 Å². The van der Waals surface area contributed by atoms with E-state index in [9.17, 15) is 18.0 Å². The van der Waals surface area contributed by atoms with E-state index in [4.69, 9.17) is 0 Å². The number of halogens is 3. The largest absolute Gasteiger partial charge is 0.298 e. The summed E-state index contributed by atoms with van der Waals surface area (Å²) in [7, 11) is 0. The Balaban J connectivity index is 3.41. The average Bonchev–Trinajstić information content (AvgIpc) is 2.08. The van der Waals surface area contributed by atoms with Crippen LogP contribution in [0.15, 0.2) is 12.1 Å². The third-order valence-corrected chi connectivity index (χ3v) is 1.69. The van der Waals surface area contributed by atoms with Crippen molar-refractivity contribution in [2.75, 3.05) is 0 Å². The number of alkyl halides is 1. The first kappa shape index (κ1) is 9.77. The van der Waals surface area contributed by atoms with Crippen LogP contribution in [0.5, 0.6) is 0 Å². The van der Waals surface area contributed by atoms with Gasteiger partial charge in [-0.1, -0.05) is 0 Å². The molecule has 0 radical (unpaired) electrons. The summed E-state index contributed by atoms with van der Waals surface area (Å²) in [5.74, 6) is -2.44. The fourth-order valence-corrected chi connectivity index (χ4v) is 1.09. The second kappa shape index (κ2) is 3.60. The Morgan fingerprint density at radius 2 is 2.00 bits per heavy atom. The summed E-state index contributed by atoms with van der Waals surface area (Å²) in [4.78, 5) is 10.3. The molecule has 0 spiro atoms. The quantitative estimate of drug-likeness (QED) is 0.652. The summed E-state index contributed by atoms with van der Waals surface area (Å²) in [5, 5.41) is 0. The third-order valence-electron chi connectivity index (χ3n) is 1.69. The van der Waals surface area contributed by atoms with Crippen molar-refractivity contribution in [3.8, 4) is 0 Å². The molecule has 1 nitrogen and oxygen atoms in total. The fraction of sp³-hybridized carbons (Fsp3) is 0.222. The molecule has 0 aliphatic rings. The first-order valence-corrected chi connectivity index (χ1v) is 3.65. The fourth-order valence-electron chi connectivity index (χ4n) is 1.09. The normalized spacial score (nSPS) is 12.6. The number of benzene rings is 1. The Kier molecular flexibility index (Phi) is 2.70. The van der Waals surface area contributed by atoms with E-state index in [-0.39, 0.29) is 5.56 Å². The molecule has 1 atom stereocenters. The Morgan fingerprint density at radius 3 is 2.46 bits per heavy atom. The lowest BCUT2D eigenvalue weighted by molar-refractivity contribution is 0.112. The number of aldehydes is 1. The minimum absolute atomic E-state index is 0.158. The zero-order valence-corrected chi connectivity index (χ0v) is 6.85. The molecule has 1 unspecified atom stereocenters. The molecule has 0 bridgehead atoms. The van der Waals surface area contributed by atoms with E-state index in [2.05, 4.69) is 0 Å². The van der Waals surface area contributed by atoms with Crippen molar-refractivity contribution in [1.82, 2.24) is 0 Å². The lowest BCUT2D eigenvalue weighted by Crippen LogP contribution is -2.01. The van der Waals surface area contributed by atoms with Gasteiger partial charge in [0.25, 0.3) is 0 Å². The molecule has 1 aromatic rings. The molecule has 0 N–H and O–H groups in total. The van der Waals surface area contributed by atoms with Gasteiger partial charge in [0.2, 0.25) is 0 Å². The molecular formula is C9H7F3O. The van der Waals surface area contributed by atoms with Gasteiger partial charge in [0.05, 0.1) is 0 Å². The van der Waals surface area contributed by atoms with E-state index in [0.717, 1.165) is 19.1 Å². The second-order valence-corrected chi connectivity index (χ2v) is 2.60. The van der Waals surface area contributed by atoms with Crippen molar-refractivity contribution in [2.24, 2.45) is 0 Å². The van der Waals surface area contributed by atoms with Gasteiger partial charge in [-0.2, -0.15) is 0 Å². The molecule has 0 saturated carbocycles. The van der Waals surface area contributed by atoms with Crippen LogP contribution in [-0.2, 0) is 0 Å². The maximum atomic E-state index is 12.9. The topological polar surface area (TPSA) is 17.1 Å². The van der Waals surface area contributed by atoms with E-state index in [1.807, 2.05) is 0 Å². The van der Waals surface area contributed by atoms with Gasteiger partial charge in [0, 0.05) is 11.1 Å². The highest BCUT2D eigenvalue weighted by Crippen LogP contribution is 2.24. The predicted molar refractivity (Wildman–Crippen MR) is 41.3 cm³/mol. The summed E-state index contributed by atoms with van der Waals surface area (Å²) in [5.41, 5.74) is -0.677. The summed E-state index contributed by atoms with van der Waals surface area (Å²) in [6, 6.07) is 1.85. The molecule has 13 heavy (non-hydrogen) atoms. The lowest BCUT2D eigenvalue weighted by Gasteiger charge is -2.07. The SMILES string of the molecule is CC(F)c1c(C=O)ccc(F)c1F. The predicted octanol–water partition coefficient (Wildman–Crippen LogP) is 2.81. The standard InChI is InChI=1S/C9H7F3O/c1-5(10)8-6(4-13)2-3-7(11)9(8)12/h2-5H,1H3. The number of carbonyl (C=O) groups excluding carboxylic acids is 1. The Morgan fingerprint density at radius 1 is 1.38 bits per heavy atom. The minimum atomic E-state index is -1.70. The van der Waals surface area contributed by atoms with Crippen LogP contribution in [-0.4, -0.2) is 6.29 Å². The summed E-state index contributed by atoms with van der Waals surface area (Å²) < 4.78 is 38.3. The lowest BCUT2D eigenvalue weighted by atomic mass is 10.0. The van der Waals surface area contributed by atoms with E-state index in [0.29, 0.717) is 6.29 Å². The molecule has 0 fully saturated rings. The molecule has 1 aromatic carbocycles. The van der Waals surface area contributed by atoms with Crippen LogP contribution in [0, 0.1) is 11.6 Å². The minimum Gasteiger partial charge on any atom is -0.298 e. The average molecular weight is 188 g/mol. The van der Waals surface area contributed by atoms with E-state index < -0.39 is 23.4 Å². The van der Waals surface area contributed by atoms with E-state index in [1.54, 1.807) is 0 Å². The zero-order valence-electron chi connectivity index (χ0n) is 6.85. The van der Waals surface area contributed by atoms with Gasteiger partial charge in [0.15, 0.2) is 17.9 Å². The molecule has 0 aromatic heterocycles. The number of carbonyl (C=O) groups is 1. The maximum Gasteiger partial charge on any atom is 0.165 e. The second-order valence-electron chi connectivity index (χ2n) is 2.60. The van der Waals surface area contributed by atoms with Crippen molar-refractivity contribution < 1.29 is 18.0 Å². The Hall–Kier alpha value is -1.32. The van der Waals surface area contributed by atoms with Gasteiger partial charge in [-0.3, -0.25) is 4.79 Å². The molecule has 4 heteroatoms. The molecule has 0 amide bonds. The smallest absolute Gasteiger partial charge is 0.165 e. The van der Waals surface area contributed by atoms with Crippen LogP contribution < -0.4 is 0 Å². The molecule has 0 saturated heterocycles. The van der Waals surface area contributed by atoms with Gasteiger partial charge in [0.1, 0.15) is 6.17 Å². The first-order chi connectivity index (χ1) is 6.07. The van der Waals surface area contributed by atoms with Crippen molar-refractivity contribution in [3.05, 3.63) is 34.9 Å². The number of rotatable bonds is 2. The van der Waals surface area contributed by atoms with Crippen LogP contribution in [0.1, 0.15) is 29.0 Å². The third kappa shape index (κ3) is 1.71. The van der Waals surface area contributed by atoms with Crippen molar-refractivity contribution in [3.63, 3.8) is 0 Å². The van der Waals surface area contributed by atoms with Crippen molar-refractivity contribution >= 4 is 6.29 Å². The summed E-state index contributed by atoms with van der Waals surface area (Å²) in [6.45, 7) is 1.05. The van der Waals surface area contributed by atoms with Gasteiger partial charge in [-0.05, 0) is 19.1 Å². The highest BCUT2D eigenvalue weighted by Gasteiger charge is 2.17. The highest BCUT2D eigenvalue weighted by molar-refractivity contribution is 5.77. The zero-order chi connectivity index (χ0) is 10.0. The van der Waals surface area contributed by atoms with Crippen molar-refractivity contribution in [2.45, 2.75) is 13.1 Å². The van der Waals surface area contributed by atoms with Gasteiger partial charge < -0.3 is 0 Å². The monoisotopic (exact) mass is 188 g/mol. The van der Waals surface area contributed by atoms with Gasteiger partial charge in [-0.15, -0.1) is 0 Å². The molecule has 70 valence electrons. The molecule has 0 aliphatic carbocycles. The summed E-state index contributed by atoms with van der Waals surface area (Å²) in [6.07, 6.45) is -1.40. The molecule has 0 aliphatic heterocycles. The van der Waals surface area contributed by atoms with Gasteiger partial charge in [-0.25, -0.2) is 13.2 Å². The maximum absolute atomic E-state index is 12.9. The van der Waals surface area contributed by atoms with Crippen LogP contribution in [0.3, 0.4) is 0 Å². The highest BCUT2D eigenvalue weighted by atomic mass is 19.2. The number of hydrogen-bond donors (Lipinski definition) is 0. The molecular weight excluding hydrogens is 181 g/mol. The van der Waals surface area contributed by atoms with Crippen LogP contribution in [0.2, 0.25) is 0 Å². The first-order valence-electron chi connectivity index (χ1n) is 3.65. The Bertz CT molecular complexity index is 334. The van der Waals surface area contributed by atoms with E-state index >= 15 is 0 Å². The summed E-state index contributed by atoms with van der Waals surface area (Å²) >= 11 is 0. The Labute approximate surface area is 73.2 Å².